The molecular weight excluding hydrogens is 338 g/mol. The minimum absolute atomic E-state index is 0.0652. The molecule has 4 heteroatoms. The van der Waals surface area contributed by atoms with Gasteiger partial charge in [-0.15, -0.1) is 0 Å². The van der Waals surface area contributed by atoms with Gasteiger partial charge in [-0.3, -0.25) is 4.79 Å². The van der Waals surface area contributed by atoms with E-state index in [1.54, 1.807) is 0 Å². The second kappa shape index (κ2) is 6.49. The average molecular weight is 372 g/mol. The minimum atomic E-state index is -0.156. The normalized spacial score (nSPS) is 43.8. The zero-order chi connectivity index (χ0) is 19.4. The molecule has 27 heavy (non-hydrogen) atoms. The Hall–Kier alpha value is -1.58. The first kappa shape index (κ1) is 18.8. The molecule has 0 heterocycles. The van der Waals surface area contributed by atoms with Gasteiger partial charge < -0.3 is 9.94 Å². The SMILES string of the molecule is CC(=O)O[C@H]1CC[C@@]2(C)C(=CC[C@H]3[C@@H]2CC[C@]2(C)C(/C(C)=N/O)=CC[C@@H]32)C1. The van der Waals surface area contributed by atoms with Gasteiger partial charge in [-0.1, -0.05) is 36.7 Å². The van der Waals surface area contributed by atoms with Gasteiger partial charge in [-0.2, -0.15) is 0 Å². The molecule has 6 atom stereocenters. The Balaban J connectivity index is 1.59. The average Bonchev–Trinajstić information content (AvgIpc) is 2.98. The zero-order valence-corrected chi connectivity index (χ0v) is 17.1. The molecule has 2 saturated carbocycles. The van der Waals surface area contributed by atoms with Crippen molar-refractivity contribution in [2.45, 2.75) is 78.7 Å². The number of rotatable bonds is 2. The van der Waals surface area contributed by atoms with Gasteiger partial charge >= 0.3 is 5.97 Å². The fourth-order valence-corrected chi connectivity index (χ4v) is 7.14. The van der Waals surface area contributed by atoms with Crippen LogP contribution in [0.1, 0.15) is 72.6 Å². The summed E-state index contributed by atoms with van der Waals surface area (Å²) in [5.41, 5.74) is 3.99. The predicted octanol–water partition coefficient (Wildman–Crippen LogP) is 5.27. The molecule has 0 radical (unpaired) electrons. The fourth-order valence-electron chi connectivity index (χ4n) is 7.14. The number of carbonyl (C=O) groups excluding carboxylic acids is 1. The van der Waals surface area contributed by atoms with Gasteiger partial charge in [0, 0.05) is 13.3 Å². The van der Waals surface area contributed by atoms with Crippen LogP contribution in [0.3, 0.4) is 0 Å². The number of ether oxygens (including phenoxy) is 1. The van der Waals surface area contributed by atoms with Crippen LogP contribution in [0.25, 0.3) is 0 Å². The molecule has 0 bridgehead atoms. The summed E-state index contributed by atoms with van der Waals surface area (Å²) in [6, 6.07) is 0. The molecule has 0 aromatic heterocycles. The van der Waals surface area contributed by atoms with E-state index in [9.17, 15) is 10.0 Å². The van der Waals surface area contributed by atoms with Crippen LogP contribution < -0.4 is 0 Å². The summed E-state index contributed by atoms with van der Waals surface area (Å²) in [7, 11) is 0. The molecule has 148 valence electrons. The molecule has 4 aliphatic carbocycles. The highest BCUT2D eigenvalue weighted by Gasteiger charge is 2.57. The van der Waals surface area contributed by atoms with Crippen LogP contribution >= 0.6 is 0 Å². The Labute approximate surface area is 162 Å². The molecule has 0 aromatic carbocycles. The molecule has 0 aromatic rings. The van der Waals surface area contributed by atoms with E-state index < -0.39 is 0 Å². The molecule has 4 rings (SSSR count). The lowest BCUT2D eigenvalue weighted by molar-refractivity contribution is -0.148. The van der Waals surface area contributed by atoms with Crippen molar-refractivity contribution in [3.05, 3.63) is 23.3 Å². The van der Waals surface area contributed by atoms with Crippen LogP contribution in [-0.2, 0) is 9.53 Å². The summed E-state index contributed by atoms with van der Waals surface area (Å²) in [6.07, 6.45) is 12.6. The molecule has 2 fully saturated rings. The monoisotopic (exact) mass is 371 g/mol. The Morgan fingerprint density at radius 1 is 1.11 bits per heavy atom. The van der Waals surface area contributed by atoms with Crippen LogP contribution in [0.5, 0.6) is 0 Å². The molecular formula is C23H33NO3. The van der Waals surface area contributed by atoms with Gasteiger partial charge in [-0.05, 0) is 79.6 Å². The first-order chi connectivity index (χ1) is 12.8. The van der Waals surface area contributed by atoms with E-state index in [-0.39, 0.29) is 22.9 Å². The largest absolute Gasteiger partial charge is 0.462 e. The lowest BCUT2D eigenvalue weighted by Crippen LogP contribution is -2.50. The van der Waals surface area contributed by atoms with Gasteiger partial charge in [0.2, 0.25) is 0 Å². The van der Waals surface area contributed by atoms with Crippen LogP contribution in [0.2, 0.25) is 0 Å². The van der Waals surface area contributed by atoms with Crippen molar-refractivity contribution < 1.29 is 14.7 Å². The summed E-state index contributed by atoms with van der Waals surface area (Å²) in [5, 5.41) is 12.8. The minimum Gasteiger partial charge on any atom is -0.462 e. The van der Waals surface area contributed by atoms with Gasteiger partial charge in [0.05, 0.1) is 5.71 Å². The second-order valence-corrected chi connectivity index (χ2v) is 9.73. The van der Waals surface area contributed by atoms with Gasteiger partial charge in [0.15, 0.2) is 0 Å². The Morgan fingerprint density at radius 2 is 1.85 bits per heavy atom. The maximum absolute atomic E-state index is 11.4. The molecule has 0 spiro atoms. The summed E-state index contributed by atoms with van der Waals surface area (Å²) < 4.78 is 5.53. The molecule has 0 unspecified atom stereocenters. The van der Waals surface area contributed by atoms with Crippen molar-refractivity contribution >= 4 is 11.7 Å². The number of carbonyl (C=O) groups is 1. The first-order valence-electron chi connectivity index (χ1n) is 10.6. The molecule has 1 N–H and O–H groups in total. The molecule has 0 amide bonds. The van der Waals surface area contributed by atoms with Crippen LogP contribution in [0, 0.1) is 28.6 Å². The second-order valence-electron chi connectivity index (χ2n) is 9.73. The van der Waals surface area contributed by atoms with Gasteiger partial charge in [0.25, 0.3) is 0 Å². The Morgan fingerprint density at radius 3 is 2.56 bits per heavy atom. The van der Waals surface area contributed by atoms with Crippen molar-refractivity contribution in [3.63, 3.8) is 0 Å². The van der Waals surface area contributed by atoms with Gasteiger partial charge in [-0.25, -0.2) is 0 Å². The van der Waals surface area contributed by atoms with Crippen molar-refractivity contribution in [2.24, 2.45) is 33.7 Å². The molecule has 0 saturated heterocycles. The maximum Gasteiger partial charge on any atom is 0.302 e. The standard InChI is InChI=1S/C23H33NO3/c1-14(24-26)19-7-8-20-18-6-5-16-13-17(27-15(2)25)9-11-22(16,3)21(18)10-12-23(19,20)4/h5,7,17-18,20-21,26H,6,8-13H2,1-4H3/b24-14+/t17-,18+,20-,21-,22-,23+/m0/s1. The van der Waals surface area contributed by atoms with E-state index in [0.29, 0.717) is 17.8 Å². The lowest BCUT2D eigenvalue weighted by atomic mass is 9.47. The van der Waals surface area contributed by atoms with E-state index in [1.165, 1.54) is 30.9 Å². The van der Waals surface area contributed by atoms with Crippen LogP contribution in [-0.4, -0.2) is 23.0 Å². The van der Waals surface area contributed by atoms with Crippen LogP contribution in [0.4, 0.5) is 0 Å². The first-order valence-corrected chi connectivity index (χ1v) is 10.6. The van der Waals surface area contributed by atoms with E-state index in [1.807, 2.05) is 6.92 Å². The number of esters is 1. The van der Waals surface area contributed by atoms with E-state index in [4.69, 9.17) is 4.74 Å². The summed E-state index contributed by atoms with van der Waals surface area (Å²) in [6.45, 7) is 8.30. The van der Waals surface area contributed by atoms with Crippen LogP contribution in [0.15, 0.2) is 28.5 Å². The summed E-state index contributed by atoms with van der Waals surface area (Å²) >= 11 is 0. The highest BCUT2D eigenvalue weighted by molar-refractivity contribution is 5.99. The number of hydrogen-bond acceptors (Lipinski definition) is 4. The fraction of sp³-hybridized carbons (Fsp3) is 0.739. The highest BCUT2D eigenvalue weighted by Crippen LogP contribution is 2.65. The topological polar surface area (TPSA) is 58.9 Å². The van der Waals surface area contributed by atoms with E-state index in [2.05, 4.69) is 31.2 Å². The smallest absolute Gasteiger partial charge is 0.302 e. The van der Waals surface area contributed by atoms with E-state index in [0.717, 1.165) is 37.8 Å². The highest BCUT2D eigenvalue weighted by atomic mass is 16.5. The third-order valence-electron chi connectivity index (χ3n) is 8.51. The quantitative estimate of drug-likeness (QED) is 0.237. The Bertz CT molecular complexity index is 736. The van der Waals surface area contributed by atoms with Crippen molar-refractivity contribution in [2.75, 3.05) is 0 Å². The summed E-state index contributed by atoms with van der Waals surface area (Å²) in [4.78, 5) is 11.4. The number of allylic oxidation sites excluding steroid dienone is 3. The zero-order valence-electron chi connectivity index (χ0n) is 17.1. The Kier molecular flexibility index (Phi) is 4.51. The summed E-state index contributed by atoms with van der Waals surface area (Å²) in [5.74, 6) is 1.90. The van der Waals surface area contributed by atoms with Crippen molar-refractivity contribution in [3.8, 4) is 0 Å². The lowest BCUT2D eigenvalue weighted by Gasteiger charge is -2.57. The third kappa shape index (κ3) is 2.78. The van der Waals surface area contributed by atoms with Gasteiger partial charge in [0.1, 0.15) is 6.10 Å². The molecule has 0 aliphatic heterocycles. The predicted molar refractivity (Wildman–Crippen MR) is 106 cm³/mol. The van der Waals surface area contributed by atoms with Crippen molar-refractivity contribution in [1.29, 1.82) is 0 Å². The number of nitrogens with zero attached hydrogens (tertiary/aromatic N) is 1. The maximum atomic E-state index is 11.4. The number of fused-ring (bicyclic) bond motifs is 5. The number of hydrogen-bond donors (Lipinski definition) is 1. The molecule has 4 aliphatic rings. The van der Waals surface area contributed by atoms with Crippen molar-refractivity contribution in [1.82, 2.24) is 0 Å². The third-order valence-corrected chi connectivity index (χ3v) is 8.51. The van der Waals surface area contributed by atoms with E-state index >= 15 is 0 Å². The number of oxime groups is 1. The molecule has 4 nitrogen and oxygen atoms in total.